The second kappa shape index (κ2) is 8.19. The van der Waals surface area contributed by atoms with Gasteiger partial charge in [-0.1, -0.05) is 30.3 Å². The zero-order chi connectivity index (χ0) is 21.2. The number of anilines is 2. The Hall–Kier alpha value is -3.72. The van der Waals surface area contributed by atoms with Gasteiger partial charge >= 0.3 is 0 Å². The Morgan fingerprint density at radius 1 is 0.871 bits per heavy atom. The smallest absolute Gasteiger partial charge is 0.272 e. The summed E-state index contributed by atoms with van der Waals surface area (Å²) >= 11 is 0. The van der Waals surface area contributed by atoms with Gasteiger partial charge in [-0.2, -0.15) is 5.10 Å². The van der Waals surface area contributed by atoms with Gasteiger partial charge in [-0.25, -0.2) is 10.1 Å². The molecule has 0 bridgehead atoms. The van der Waals surface area contributed by atoms with Crippen LogP contribution in [0.5, 0.6) is 0 Å². The van der Waals surface area contributed by atoms with Crippen LogP contribution in [0.1, 0.15) is 0 Å². The van der Waals surface area contributed by atoms with E-state index in [1.165, 1.54) is 0 Å². The van der Waals surface area contributed by atoms with E-state index in [4.69, 9.17) is 0 Å². The number of aromatic amines is 2. The number of fused-ring (bicyclic) bond motifs is 2. The van der Waals surface area contributed by atoms with E-state index in [2.05, 4.69) is 35.3 Å². The van der Waals surface area contributed by atoms with Gasteiger partial charge in [-0.15, -0.1) is 0 Å². The molecule has 0 radical (unpaired) electrons. The van der Waals surface area contributed by atoms with Crippen molar-refractivity contribution in [2.24, 2.45) is 0 Å². The van der Waals surface area contributed by atoms with E-state index in [1.54, 1.807) is 6.07 Å². The molecule has 2 aromatic carbocycles. The Bertz CT molecular complexity index is 1340. The third-order valence-corrected chi connectivity index (χ3v) is 5.68. The van der Waals surface area contributed by atoms with Crippen molar-refractivity contribution in [2.75, 3.05) is 49.5 Å². The van der Waals surface area contributed by atoms with E-state index >= 15 is 0 Å². The summed E-state index contributed by atoms with van der Waals surface area (Å²) in [5.74, 6) is 1.32. The molecule has 0 spiro atoms. The fourth-order valence-electron chi connectivity index (χ4n) is 4.03. The first-order valence-corrected chi connectivity index (χ1v) is 10.4. The van der Waals surface area contributed by atoms with Crippen molar-refractivity contribution < 1.29 is 0 Å². The Balaban J connectivity index is 1.19. The van der Waals surface area contributed by atoms with Crippen LogP contribution in [0.4, 0.5) is 11.8 Å². The summed E-state index contributed by atoms with van der Waals surface area (Å²) in [4.78, 5) is 36.0. The summed E-state index contributed by atoms with van der Waals surface area (Å²) in [6.07, 6.45) is 0. The predicted octanol–water partition coefficient (Wildman–Crippen LogP) is 1.39. The van der Waals surface area contributed by atoms with Crippen LogP contribution >= 0.6 is 0 Å². The van der Waals surface area contributed by atoms with Crippen LogP contribution < -0.4 is 21.3 Å². The maximum atomic E-state index is 12.2. The number of nitrogens with zero attached hydrogens (tertiary/aromatic N) is 4. The highest BCUT2D eigenvalue weighted by Gasteiger charge is 2.20. The molecule has 3 heterocycles. The van der Waals surface area contributed by atoms with Gasteiger partial charge in [0.25, 0.3) is 11.1 Å². The lowest BCUT2D eigenvalue weighted by atomic mass is 10.1. The van der Waals surface area contributed by atoms with Gasteiger partial charge in [-0.3, -0.25) is 19.5 Å². The van der Waals surface area contributed by atoms with Crippen LogP contribution in [0, 0.1) is 0 Å². The molecule has 9 nitrogen and oxygen atoms in total. The summed E-state index contributed by atoms with van der Waals surface area (Å²) in [7, 11) is 0. The van der Waals surface area contributed by atoms with Crippen molar-refractivity contribution in [1.29, 1.82) is 0 Å². The highest BCUT2D eigenvalue weighted by Crippen LogP contribution is 2.22. The van der Waals surface area contributed by atoms with Crippen LogP contribution in [0.25, 0.3) is 21.7 Å². The molecule has 5 rings (SSSR count). The summed E-state index contributed by atoms with van der Waals surface area (Å²) < 4.78 is 0. The molecule has 1 saturated heterocycles. The number of H-pyrrole nitrogens is 2. The molecule has 0 amide bonds. The van der Waals surface area contributed by atoms with Crippen molar-refractivity contribution in [3.63, 3.8) is 0 Å². The number of piperazine rings is 1. The van der Waals surface area contributed by atoms with Crippen LogP contribution in [0.15, 0.2) is 58.1 Å². The topological polar surface area (TPSA) is 110 Å². The van der Waals surface area contributed by atoms with E-state index in [9.17, 15) is 9.59 Å². The Kier molecular flexibility index (Phi) is 5.09. The zero-order valence-electron chi connectivity index (χ0n) is 17.0. The molecule has 9 heteroatoms. The Morgan fingerprint density at radius 3 is 2.39 bits per heavy atom. The number of hydrogen-bond acceptors (Lipinski definition) is 7. The van der Waals surface area contributed by atoms with Gasteiger partial charge in [0.1, 0.15) is 0 Å². The fraction of sp³-hybridized carbons (Fsp3) is 0.273. The normalized spacial score (nSPS) is 14.9. The molecular formula is C22H23N7O2. The number of nitrogens with one attached hydrogen (secondary N) is 3. The average Bonchev–Trinajstić information content (AvgIpc) is 2.80. The standard InChI is InChI=1S/C22H23N7O2/c30-20-17-7-3-4-8-18(17)24-22(25-20)23-9-10-28-11-13-29(14-12-28)19-15-5-1-2-6-16(15)21(31)27-26-19/h1-8H,9-14H2,(H,27,31)(H2,23,24,25,30). The maximum absolute atomic E-state index is 12.2. The lowest BCUT2D eigenvalue weighted by Gasteiger charge is -2.35. The zero-order valence-corrected chi connectivity index (χ0v) is 17.0. The second-order valence-electron chi connectivity index (χ2n) is 7.61. The second-order valence-corrected chi connectivity index (χ2v) is 7.61. The van der Waals surface area contributed by atoms with Crippen molar-refractivity contribution in [1.82, 2.24) is 25.1 Å². The monoisotopic (exact) mass is 417 g/mol. The van der Waals surface area contributed by atoms with Gasteiger partial charge in [0.15, 0.2) is 5.82 Å². The van der Waals surface area contributed by atoms with E-state index in [-0.39, 0.29) is 11.1 Å². The molecule has 0 atom stereocenters. The van der Waals surface area contributed by atoms with E-state index in [1.807, 2.05) is 42.5 Å². The van der Waals surface area contributed by atoms with E-state index in [0.717, 1.165) is 43.9 Å². The first kappa shape index (κ1) is 19.3. The molecule has 1 fully saturated rings. The maximum Gasteiger partial charge on any atom is 0.272 e. The summed E-state index contributed by atoms with van der Waals surface area (Å²) in [6, 6.07) is 14.9. The first-order valence-electron chi connectivity index (χ1n) is 10.4. The predicted molar refractivity (Wildman–Crippen MR) is 122 cm³/mol. The molecule has 1 aliphatic rings. The first-order chi connectivity index (χ1) is 15.2. The van der Waals surface area contributed by atoms with Crippen LogP contribution in [0.3, 0.4) is 0 Å². The van der Waals surface area contributed by atoms with Gasteiger partial charge in [-0.05, 0) is 18.2 Å². The van der Waals surface area contributed by atoms with Gasteiger partial charge in [0.2, 0.25) is 5.95 Å². The minimum atomic E-state index is -0.163. The molecule has 0 saturated carbocycles. The van der Waals surface area contributed by atoms with E-state index < -0.39 is 0 Å². The molecule has 0 unspecified atom stereocenters. The molecule has 4 aromatic rings. The molecule has 3 N–H and O–H groups in total. The molecule has 2 aromatic heterocycles. The number of hydrogen-bond donors (Lipinski definition) is 3. The summed E-state index contributed by atoms with van der Waals surface area (Å²) in [6.45, 7) is 4.95. The summed E-state index contributed by atoms with van der Waals surface area (Å²) in [5.41, 5.74) is 0.384. The molecule has 1 aliphatic heterocycles. The number of aromatic nitrogens is 4. The number of benzene rings is 2. The fourth-order valence-corrected chi connectivity index (χ4v) is 4.03. The van der Waals surface area contributed by atoms with Crippen LogP contribution in [-0.4, -0.2) is 64.3 Å². The molecular weight excluding hydrogens is 394 g/mol. The van der Waals surface area contributed by atoms with Gasteiger partial charge < -0.3 is 10.2 Å². The number of para-hydroxylation sites is 1. The Morgan fingerprint density at radius 2 is 1.58 bits per heavy atom. The highest BCUT2D eigenvalue weighted by atomic mass is 16.1. The molecule has 158 valence electrons. The lowest BCUT2D eigenvalue weighted by molar-refractivity contribution is 0.266. The van der Waals surface area contributed by atoms with Crippen molar-refractivity contribution in [3.05, 3.63) is 69.2 Å². The van der Waals surface area contributed by atoms with Crippen molar-refractivity contribution >= 4 is 33.4 Å². The molecule has 31 heavy (non-hydrogen) atoms. The van der Waals surface area contributed by atoms with Gasteiger partial charge in [0, 0.05) is 44.7 Å². The van der Waals surface area contributed by atoms with Crippen LogP contribution in [0.2, 0.25) is 0 Å². The van der Waals surface area contributed by atoms with Crippen LogP contribution in [-0.2, 0) is 0 Å². The lowest BCUT2D eigenvalue weighted by Crippen LogP contribution is -2.48. The minimum absolute atomic E-state index is 0.137. The highest BCUT2D eigenvalue weighted by molar-refractivity contribution is 5.91. The number of rotatable bonds is 5. The third kappa shape index (κ3) is 3.87. The van der Waals surface area contributed by atoms with Crippen molar-refractivity contribution in [3.8, 4) is 0 Å². The van der Waals surface area contributed by atoms with Gasteiger partial charge in [0.05, 0.1) is 16.3 Å². The quantitative estimate of drug-likeness (QED) is 0.450. The molecule has 0 aliphatic carbocycles. The minimum Gasteiger partial charge on any atom is -0.354 e. The Labute approximate surface area is 177 Å². The van der Waals surface area contributed by atoms with Crippen molar-refractivity contribution in [2.45, 2.75) is 0 Å². The largest absolute Gasteiger partial charge is 0.354 e. The van der Waals surface area contributed by atoms with E-state index in [0.29, 0.717) is 28.8 Å². The SMILES string of the molecule is O=c1[nH]c(NCCN2CCN(c3n[nH]c(=O)c4ccccc34)CC2)nc2ccccc12. The summed E-state index contributed by atoms with van der Waals surface area (Å²) in [5, 5.41) is 12.3. The third-order valence-electron chi connectivity index (χ3n) is 5.68. The average molecular weight is 417 g/mol.